The molecular weight excluding hydrogens is 645 g/mol. The molecule has 3 atom stereocenters. The highest BCUT2D eigenvalue weighted by molar-refractivity contribution is 7.00. The van der Waals surface area contributed by atoms with Crippen LogP contribution in [0.25, 0.3) is 22.6 Å². The van der Waals surface area contributed by atoms with E-state index in [0.29, 0.717) is 12.3 Å². The number of rotatable bonds is 8. The summed E-state index contributed by atoms with van der Waals surface area (Å²) in [5.74, 6) is 2.43. The Morgan fingerprint density at radius 2 is 1.31 bits per heavy atom. The number of benzene rings is 5. The van der Waals surface area contributed by atoms with Gasteiger partial charge in [0, 0.05) is 11.1 Å². The van der Waals surface area contributed by atoms with Crippen molar-refractivity contribution in [1.29, 1.82) is 0 Å². The second-order valence-corrected chi connectivity index (χ2v) is 19.2. The van der Waals surface area contributed by atoms with E-state index in [1.54, 1.807) is 0 Å². The number of nitrogens with zero attached hydrogens (tertiary/aromatic N) is 2. The lowest BCUT2D eigenvalue weighted by molar-refractivity contribution is 0.0228. The standard InChI is InChI=1S/C45H46N2O3Si/c1-45(2,3)51(34-22-12-6-13-23-34,35-24-14-7-15-25-35)50-40-28-16-26-37-36(40)29-30-39(48)42(37)47-31-17-27-38(47)44-46-41(32-18-8-4-9-19-32)43(49-44)33-20-10-5-11-21-33/h4-16,18-26,28,38-39,42,48H,17,27,29-31H2,1-3H3. The maximum Gasteiger partial charge on any atom is 0.319 e. The number of aliphatic hydroxyl groups is 1. The largest absolute Gasteiger partial charge is 0.534 e. The molecule has 0 bridgehead atoms. The summed E-state index contributed by atoms with van der Waals surface area (Å²) in [5, 5.41) is 14.2. The normalized spacial score (nSPS) is 19.5. The lowest BCUT2D eigenvalue weighted by Crippen LogP contribution is -2.69. The Kier molecular flexibility index (Phi) is 9.01. The Hall–Kier alpha value is -4.75. The van der Waals surface area contributed by atoms with Gasteiger partial charge in [0.05, 0.1) is 18.2 Å². The topological polar surface area (TPSA) is 58.7 Å². The van der Waals surface area contributed by atoms with Crippen LogP contribution in [0.2, 0.25) is 5.04 Å². The molecule has 1 aliphatic heterocycles. The minimum Gasteiger partial charge on any atom is -0.534 e. The van der Waals surface area contributed by atoms with Crippen molar-refractivity contribution in [2.24, 2.45) is 0 Å². The van der Waals surface area contributed by atoms with E-state index < -0.39 is 14.4 Å². The Morgan fingerprint density at radius 1 is 0.725 bits per heavy atom. The number of hydrogen-bond donors (Lipinski definition) is 1. The molecule has 0 amide bonds. The molecule has 1 N–H and O–H groups in total. The van der Waals surface area contributed by atoms with Crippen LogP contribution in [0.5, 0.6) is 5.75 Å². The van der Waals surface area contributed by atoms with Crippen LogP contribution in [0.15, 0.2) is 144 Å². The number of fused-ring (bicyclic) bond motifs is 1. The molecule has 1 fully saturated rings. The van der Waals surface area contributed by atoms with Gasteiger partial charge in [-0.05, 0) is 64.8 Å². The summed E-state index contributed by atoms with van der Waals surface area (Å²) < 4.78 is 14.4. The summed E-state index contributed by atoms with van der Waals surface area (Å²) in [5.41, 5.74) is 5.24. The fourth-order valence-electron chi connectivity index (χ4n) is 8.54. The van der Waals surface area contributed by atoms with Gasteiger partial charge in [-0.15, -0.1) is 0 Å². The predicted octanol–water partition coefficient (Wildman–Crippen LogP) is 9.13. The maximum absolute atomic E-state index is 11.8. The van der Waals surface area contributed by atoms with Gasteiger partial charge in [-0.2, -0.15) is 0 Å². The van der Waals surface area contributed by atoms with E-state index in [2.05, 4.69) is 129 Å². The molecule has 1 saturated heterocycles. The molecule has 51 heavy (non-hydrogen) atoms. The van der Waals surface area contributed by atoms with E-state index in [1.165, 1.54) is 15.9 Å². The van der Waals surface area contributed by atoms with Crippen molar-refractivity contribution >= 4 is 18.7 Å². The van der Waals surface area contributed by atoms with E-state index in [0.717, 1.165) is 59.7 Å². The summed E-state index contributed by atoms with van der Waals surface area (Å²) in [6, 6.07) is 48.4. The first-order chi connectivity index (χ1) is 24.8. The van der Waals surface area contributed by atoms with Crippen LogP contribution in [-0.4, -0.2) is 36.0 Å². The van der Waals surface area contributed by atoms with Gasteiger partial charge in [0.15, 0.2) is 5.76 Å². The molecule has 258 valence electrons. The monoisotopic (exact) mass is 690 g/mol. The average molecular weight is 691 g/mol. The van der Waals surface area contributed by atoms with E-state index in [-0.39, 0.29) is 17.1 Å². The lowest BCUT2D eigenvalue weighted by atomic mass is 9.84. The average Bonchev–Trinajstić information content (AvgIpc) is 3.83. The van der Waals surface area contributed by atoms with Gasteiger partial charge in [-0.25, -0.2) is 4.98 Å². The van der Waals surface area contributed by atoms with Crippen LogP contribution in [0.1, 0.15) is 69.1 Å². The van der Waals surface area contributed by atoms with E-state index in [4.69, 9.17) is 13.8 Å². The van der Waals surface area contributed by atoms with Crippen LogP contribution in [-0.2, 0) is 6.42 Å². The van der Waals surface area contributed by atoms with Crippen LogP contribution in [0, 0.1) is 0 Å². The fourth-order valence-corrected chi connectivity index (χ4v) is 13.0. The molecule has 5 aromatic carbocycles. The van der Waals surface area contributed by atoms with Crippen LogP contribution >= 0.6 is 0 Å². The van der Waals surface area contributed by atoms with Gasteiger partial charge in [0.1, 0.15) is 11.4 Å². The molecule has 8 rings (SSSR count). The van der Waals surface area contributed by atoms with Gasteiger partial charge in [-0.1, -0.05) is 154 Å². The third-order valence-corrected chi connectivity index (χ3v) is 15.8. The molecule has 6 aromatic rings. The first-order valence-corrected chi connectivity index (χ1v) is 20.2. The van der Waals surface area contributed by atoms with Crippen molar-refractivity contribution < 1.29 is 13.9 Å². The van der Waals surface area contributed by atoms with Crippen molar-refractivity contribution in [3.63, 3.8) is 0 Å². The molecule has 6 heteroatoms. The SMILES string of the molecule is CC(C)(C)[Si](Oc1cccc2c1CCC(O)C2N1CCCC1c1nc(-c2ccccc2)c(-c2ccccc2)o1)(c1ccccc1)c1ccccc1. The van der Waals surface area contributed by atoms with E-state index >= 15 is 0 Å². The molecule has 3 unspecified atom stereocenters. The number of aromatic nitrogens is 1. The Bertz CT molecular complexity index is 1980. The smallest absolute Gasteiger partial charge is 0.319 e. The van der Waals surface area contributed by atoms with Gasteiger partial charge in [-0.3, -0.25) is 4.90 Å². The summed E-state index contributed by atoms with van der Waals surface area (Å²) in [6.45, 7) is 7.81. The van der Waals surface area contributed by atoms with Gasteiger partial charge in [0.2, 0.25) is 5.89 Å². The molecule has 0 radical (unpaired) electrons. The van der Waals surface area contributed by atoms with E-state index in [9.17, 15) is 5.11 Å². The van der Waals surface area contributed by atoms with Gasteiger partial charge in [0.25, 0.3) is 0 Å². The van der Waals surface area contributed by atoms with Gasteiger partial charge >= 0.3 is 8.32 Å². The van der Waals surface area contributed by atoms with Crippen LogP contribution < -0.4 is 14.8 Å². The zero-order valence-electron chi connectivity index (χ0n) is 29.7. The van der Waals surface area contributed by atoms with Crippen molar-refractivity contribution in [1.82, 2.24) is 9.88 Å². The number of aliphatic hydroxyl groups excluding tert-OH is 1. The van der Waals surface area contributed by atoms with Crippen LogP contribution in [0.4, 0.5) is 0 Å². The second kappa shape index (κ2) is 13.8. The minimum absolute atomic E-state index is 0.0585. The molecule has 1 aliphatic carbocycles. The molecule has 0 spiro atoms. The summed E-state index contributed by atoms with van der Waals surface area (Å²) >= 11 is 0. The maximum atomic E-state index is 11.8. The van der Waals surface area contributed by atoms with Crippen molar-refractivity contribution in [3.05, 3.63) is 157 Å². The first-order valence-electron chi connectivity index (χ1n) is 18.3. The van der Waals surface area contributed by atoms with Crippen LogP contribution in [0.3, 0.4) is 0 Å². The number of likely N-dealkylation sites (tertiary alicyclic amines) is 1. The van der Waals surface area contributed by atoms with Crippen molar-refractivity contribution in [3.8, 4) is 28.3 Å². The highest BCUT2D eigenvalue weighted by atomic mass is 28.4. The first kappa shape index (κ1) is 33.4. The third kappa shape index (κ3) is 6.05. The molecule has 1 aromatic heterocycles. The Morgan fingerprint density at radius 3 is 1.92 bits per heavy atom. The molecule has 0 saturated carbocycles. The Balaban J connectivity index is 1.21. The quantitative estimate of drug-likeness (QED) is 0.162. The van der Waals surface area contributed by atoms with Crippen molar-refractivity contribution in [2.45, 2.75) is 69.7 Å². The number of hydrogen-bond acceptors (Lipinski definition) is 5. The summed E-state index contributed by atoms with van der Waals surface area (Å²) in [4.78, 5) is 7.67. The fraction of sp³-hybridized carbons (Fsp3) is 0.267. The number of oxazole rings is 1. The third-order valence-electron chi connectivity index (χ3n) is 10.9. The molecule has 2 heterocycles. The minimum atomic E-state index is -2.86. The highest BCUT2D eigenvalue weighted by Crippen LogP contribution is 2.48. The van der Waals surface area contributed by atoms with Gasteiger partial charge < -0.3 is 13.9 Å². The van der Waals surface area contributed by atoms with Crippen molar-refractivity contribution in [2.75, 3.05) is 6.54 Å². The Labute approximate surface area is 302 Å². The molecular formula is C45H46N2O3Si. The lowest BCUT2D eigenvalue weighted by Gasteiger charge is -2.44. The summed E-state index contributed by atoms with van der Waals surface area (Å²) in [7, 11) is -2.86. The molecule has 2 aliphatic rings. The zero-order valence-corrected chi connectivity index (χ0v) is 30.7. The van der Waals surface area contributed by atoms with E-state index in [1.807, 2.05) is 36.4 Å². The zero-order chi connectivity index (χ0) is 35.0. The predicted molar refractivity (Wildman–Crippen MR) is 208 cm³/mol. The summed E-state index contributed by atoms with van der Waals surface area (Å²) in [6.07, 6.45) is 2.83. The second-order valence-electron chi connectivity index (χ2n) is 15.0. The highest BCUT2D eigenvalue weighted by Gasteiger charge is 2.53. The molecule has 5 nitrogen and oxygen atoms in total.